The zero-order valence-electron chi connectivity index (χ0n) is 13.5. The van der Waals surface area contributed by atoms with Crippen LogP contribution in [0.3, 0.4) is 0 Å². The van der Waals surface area contributed by atoms with E-state index < -0.39 is 0 Å². The van der Waals surface area contributed by atoms with Crippen molar-refractivity contribution in [3.8, 4) is 0 Å². The summed E-state index contributed by atoms with van der Waals surface area (Å²) in [6.07, 6.45) is 8.71. The second-order valence-corrected chi connectivity index (χ2v) is 8.43. The summed E-state index contributed by atoms with van der Waals surface area (Å²) in [7, 11) is 0. The third kappa shape index (κ3) is 2.39. The smallest absolute Gasteiger partial charge is 0.223 e. The topological polar surface area (TPSA) is 53.2 Å². The summed E-state index contributed by atoms with van der Waals surface area (Å²) in [5, 5.41) is 9.80. The Bertz CT molecular complexity index is 581. The minimum absolute atomic E-state index is 0.172. The van der Waals surface area contributed by atoms with Gasteiger partial charge in [-0.1, -0.05) is 12.1 Å². The lowest BCUT2D eigenvalue weighted by atomic mass is 9.49. The number of anilines is 2. The summed E-state index contributed by atoms with van der Waals surface area (Å²) in [6, 6.07) is 8.08. The largest absolute Gasteiger partial charge is 0.347 e. The van der Waals surface area contributed by atoms with Crippen molar-refractivity contribution in [2.45, 2.75) is 51.2 Å². The quantitative estimate of drug-likeness (QED) is 0.800. The predicted molar refractivity (Wildman–Crippen MR) is 90.8 cm³/mol. The van der Waals surface area contributed by atoms with Crippen molar-refractivity contribution < 1.29 is 4.79 Å². The zero-order valence-corrected chi connectivity index (χ0v) is 13.5. The van der Waals surface area contributed by atoms with Gasteiger partial charge in [0, 0.05) is 6.42 Å². The van der Waals surface area contributed by atoms with Crippen LogP contribution in [-0.4, -0.2) is 12.2 Å². The molecule has 4 saturated carbocycles. The molecule has 0 unspecified atom stereocenters. The van der Waals surface area contributed by atoms with Gasteiger partial charge < -0.3 is 16.0 Å². The highest BCUT2D eigenvalue weighted by Gasteiger charge is 2.51. The van der Waals surface area contributed by atoms with E-state index in [2.05, 4.69) is 16.0 Å². The maximum atomic E-state index is 12.6. The van der Waals surface area contributed by atoms with E-state index in [9.17, 15) is 4.79 Å². The molecule has 1 aliphatic heterocycles. The molecule has 0 aromatic heterocycles. The Morgan fingerprint density at radius 3 is 2.04 bits per heavy atom. The van der Waals surface area contributed by atoms with Crippen LogP contribution in [0, 0.1) is 23.2 Å². The number of nitrogens with one attached hydrogen (secondary N) is 3. The highest BCUT2D eigenvalue weighted by Crippen LogP contribution is 2.61. The number of hydrogen-bond acceptors (Lipinski definition) is 3. The molecule has 4 aliphatic carbocycles. The highest BCUT2D eigenvalue weighted by atomic mass is 16.2. The van der Waals surface area contributed by atoms with Crippen molar-refractivity contribution in [2.24, 2.45) is 23.2 Å². The zero-order chi connectivity index (χ0) is 15.4. The maximum Gasteiger partial charge on any atom is 0.223 e. The lowest BCUT2D eigenvalue weighted by Crippen LogP contribution is -2.50. The van der Waals surface area contributed by atoms with Gasteiger partial charge in [-0.2, -0.15) is 0 Å². The van der Waals surface area contributed by atoms with Crippen LogP contribution in [0.15, 0.2) is 24.3 Å². The van der Waals surface area contributed by atoms with Gasteiger partial charge in [0.25, 0.3) is 0 Å². The van der Waals surface area contributed by atoms with Crippen molar-refractivity contribution in [2.75, 3.05) is 10.6 Å². The number of para-hydroxylation sites is 2. The summed E-state index contributed by atoms with van der Waals surface area (Å²) >= 11 is 0. The molecule has 1 amide bonds. The minimum Gasteiger partial charge on any atom is -0.347 e. The molecule has 0 spiro atoms. The molecular formula is C19H25N3O. The number of rotatable bonds is 3. The molecular weight excluding hydrogens is 286 g/mol. The van der Waals surface area contributed by atoms with Crippen LogP contribution in [0.25, 0.3) is 0 Å². The van der Waals surface area contributed by atoms with Crippen LogP contribution in [0.5, 0.6) is 0 Å². The van der Waals surface area contributed by atoms with Gasteiger partial charge in [0.15, 0.2) is 6.29 Å². The molecule has 4 nitrogen and oxygen atoms in total. The lowest BCUT2D eigenvalue weighted by Gasteiger charge is -2.56. The van der Waals surface area contributed by atoms with Crippen molar-refractivity contribution in [1.29, 1.82) is 0 Å². The number of carbonyl (C=O) groups excluding carboxylic acids is 1. The van der Waals surface area contributed by atoms with Crippen LogP contribution in [-0.2, 0) is 4.79 Å². The van der Waals surface area contributed by atoms with E-state index in [1.165, 1.54) is 38.5 Å². The van der Waals surface area contributed by atoms with Gasteiger partial charge in [-0.15, -0.1) is 0 Å². The number of amides is 1. The monoisotopic (exact) mass is 311 g/mol. The van der Waals surface area contributed by atoms with Crippen LogP contribution in [0.4, 0.5) is 11.4 Å². The van der Waals surface area contributed by atoms with E-state index in [4.69, 9.17) is 0 Å². The van der Waals surface area contributed by atoms with Crippen molar-refractivity contribution in [3.05, 3.63) is 24.3 Å². The Kier molecular flexibility index (Phi) is 2.91. The average Bonchev–Trinajstić information content (AvgIpc) is 2.86. The van der Waals surface area contributed by atoms with E-state index >= 15 is 0 Å². The summed E-state index contributed by atoms with van der Waals surface area (Å²) < 4.78 is 0. The van der Waals surface area contributed by atoms with Crippen molar-refractivity contribution in [1.82, 2.24) is 5.32 Å². The normalized spacial score (nSPS) is 37.1. The SMILES string of the molecule is O=C(CC12CC3CC(CC(C3)C1)C2)NC1Nc2ccccc2N1. The first-order valence-electron chi connectivity index (χ1n) is 9.09. The predicted octanol–water partition coefficient (Wildman–Crippen LogP) is 3.53. The molecule has 1 aromatic carbocycles. The maximum absolute atomic E-state index is 12.6. The van der Waals surface area contributed by atoms with Gasteiger partial charge in [0.1, 0.15) is 0 Å². The molecule has 1 aromatic rings. The first-order valence-corrected chi connectivity index (χ1v) is 9.09. The van der Waals surface area contributed by atoms with Crippen molar-refractivity contribution in [3.63, 3.8) is 0 Å². The number of benzene rings is 1. The fourth-order valence-electron chi connectivity index (χ4n) is 6.21. The molecule has 4 heteroatoms. The molecule has 1 heterocycles. The average molecular weight is 311 g/mol. The fraction of sp³-hybridized carbons (Fsp3) is 0.632. The van der Waals surface area contributed by atoms with E-state index in [0.29, 0.717) is 11.8 Å². The lowest BCUT2D eigenvalue weighted by molar-refractivity contribution is -0.129. The standard InChI is InChI=1S/C19H25N3O/c23-17(22-18-20-15-3-1-2-4-16(15)21-18)11-19-8-12-5-13(9-19)7-14(6-12)10-19/h1-4,12-14,18,20-21H,5-11H2,(H,22,23). The minimum atomic E-state index is -0.172. The van der Waals surface area contributed by atoms with Crippen LogP contribution in [0.1, 0.15) is 44.9 Å². The van der Waals surface area contributed by atoms with E-state index in [1.54, 1.807) is 0 Å². The highest BCUT2D eigenvalue weighted by molar-refractivity contribution is 5.81. The van der Waals surface area contributed by atoms with E-state index in [-0.39, 0.29) is 12.2 Å². The van der Waals surface area contributed by atoms with Gasteiger partial charge in [-0.25, -0.2) is 0 Å². The summed E-state index contributed by atoms with van der Waals surface area (Å²) in [6.45, 7) is 0. The van der Waals surface area contributed by atoms with Gasteiger partial charge >= 0.3 is 0 Å². The number of carbonyl (C=O) groups is 1. The molecule has 4 fully saturated rings. The molecule has 4 bridgehead atoms. The van der Waals surface area contributed by atoms with Gasteiger partial charge in [-0.3, -0.25) is 4.79 Å². The van der Waals surface area contributed by atoms with Crippen LogP contribution < -0.4 is 16.0 Å². The molecule has 122 valence electrons. The molecule has 0 saturated heterocycles. The molecule has 0 atom stereocenters. The second-order valence-electron chi connectivity index (χ2n) is 8.43. The third-order valence-electron chi connectivity index (χ3n) is 6.53. The van der Waals surface area contributed by atoms with Crippen LogP contribution >= 0.6 is 0 Å². The molecule has 23 heavy (non-hydrogen) atoms. The fourth-order valence-corrected chi connectivity index (χ4v) is 6.21. The van der Waals surface area contributed by atoms with Gasteiger partial charge in [-0.05, 0) is 73.8 Å². The molecule has 0 radical (unpaired) electrons. The Morgan fingerprint density at radius 1 is 1.00 bits per heavy atom. The Balaban J connectivity index is 1.23. The number of fused-ring (bicyclic) bond motifs is 1. The Morgan fingerprint density at radius 2 is 1.52 bits per heavy atom. The van der Waals surface area contributed by atoms with Gasteiger partial charge in [0.2, 0.25) is 5.91 Å². The summed E-state index contributed by atoms with van der Waals surface area (Å²) in [4.78, 5) is 12.6. The van der Waals surface area contributed by atoms with Crippen LogP contribution in [0.2, 0.25) is 0 Å². The summed E-state index contributed by atoms with van der Waals surface area (Å²) in [5.41, 5.74) is 2.44. The van der Waals surface area contributed by atoms with Gasteiger partial charge in [0.05, 0.1) is 11.4 Å². The van der Waals surface area contributed by atoms with E-state index in [0.717, 1.165) is 29.1 Å². The Labute approximate surface area is 137 Å². The molecule has 5 aliphatic rings. The summed E-state index contributed by atoms with van der Waals surface area (Å²) in [5.74, 6) is 2.91. The number of hydrogen-bond donors (Lipinski definition) is 3. The van der Waals surface area contributed by atoms with E-state index in [1.807, 2.05) is 24.3 Å². The first-order chi connectivity index (χ1) is 11.2. The van der Waals surface area contributed by atoms with Crippen molar-refractivity contribution >= 4 is 17.3 Å². The third-order valence-corrected chi connectivity index (χ3v) is 6.53. The second kappa shape index (κ2) is 4.89. The first kappa shape index (κ1) is 13.7. The molecule has 3 N–H and O–H groups in total. The Hall–Kier alpha value is -1.71. The molecule has 6 rings (SSSR count).